The highest BCUT2D eigenvalue weighted by molar-refractivity contribution is 5.01. The Hall–Kier alpha value is -1.13. The quantitative estimate of drug-likeness (QED) is 0.599. The first kappa shape index (κ1) is 7.97. The number of aromatic nitrogens is 4. The average Bonchev–Trinajstić information content (AvgIpc) is 2.31. The predicted octanol–water partition coefficient (Wildman–Crippen LogP) is -0.515. The second-order valence-electron chi connectivity index (χ2n) is 2.54. The number of hydrogen-bond acceptors (Lipinski definition) is 3. The molecule has 0 unspecified atom stereocenters. The number of nitrogens with zero attached hydrogens (tertiary/aromatic N) is 4. The van der Waals surface area contributed by atoms with E-state index in [0.29, 0.717) is 5.95 Å². The van der Waals surface area contributed by atoms with Crippen molar-refractivity contribution in [3.8, 4) is 0 Å². The molecule has 1 heterocycles. The first-order valence-electron chi connectivity index (χ1n) is 3.81. The summed E-state index contributed by atoms with van der Waals surface area (Å²) in [5.41, 5.74) is 5.64. The highest BCUT2D eigenvalue weighted by atomic mass is 15.6. The van der Waals surface area contributed by atoms with Crippen molar-refractivity contribution in [1.82, 2.24) is 15.1 Å². The molecular formula is C6H14N5+. The number of tetrazole rings is 1. The second kappa shape index (κ2) is 3.32. The molecule has 2 N–H and O–H groups in total. The van der Waals surface area contributed by atoms with Gasteiger partial charge in [0.2, 0.25) is 0 Å². The molecule has 62 valence electrons. The van der Waals surface area contributed by atoms with Crippen molar-refractivity contribution in [2.75, 3.05) is 5.73 Å². The summed E-state index contributed by atoms with van der Waals surface area (Å²) in [6, 6.07) is 0. The smallest absolute Gasteiger partial charge is 0.306 e. The van der Waals surface area contributed by atoms with Gasteiger partial charge in [-0.25, -0.2) is 0 Å². The van der Waals surface area contributed by atoms with E-state index in [0.717, 1.165) is 19.4 Å². The van der Waals surface area contributed by atoms with E-state index < -0.39 is 0 Å². The van der Waals surface area contributed by atoms with Crippen LogP contribution in [0.4, 0.5) is 5.95 Å². The lowest BCUT2D eigenvalue weighted by atomic mass is 10.3. The Kier molecular flexibility index (Phi) is 2.40. The number of nitrogen functional groups attached to an aromatic ring is 1. The molecule has 0 atom stereocenters. The fraction of sp³-hybridized carbons (Fsp3) is 0.833. The first-order valence-corrected chi connectivity index (χ1v) is 3.81. The van der Waals surface area contributed by atoms with E-state index in [-0.39, 0.29) is 0 Å². The van der Waals surface area contributed by atoms with Gasteiger partial charge in [-0.1, -0.05) is 18.0 Å². The van der Waals surface area contributed by atoms with Gasteiger partial charge in [0.15, 0.2) is 0 Å². The van der Waals surface area contributed by atoms with Gasteiger partial charge in [0.1, 0.15) is 5.21 Å². The van der Waals surface area contributed by atoms with Crippen LogP contribution in [0.1, 0.15) is 19.8 Å². The van der Waals surface area contributed by atoms with Gasteiger partial charge >= 0.3 is 5.95 Å². The van der Waals surface area contributed by atoms with E-state index in [1.165, 1.54) is 0 Å². The Bertz CT molecular complexity index is 229. The van der Waals surface area contributed by atoms with E-state index in [9.17, 15) is 0 Å². The average molecular weight is 156 g/mol. The van der Waals surface area contributed by atoms with Gasteiger partial charge in [-0.05, 0) is 6.42 Å². The summed E-state index contributed by atoms with van der Waals surface area (Å²) in [6.45, 7) is 2.99. The van der Waals surface area contributed by atoms with Crippen molar-refractivity contribution in [1.29, 1.82) is 0 Å². The Balaban J connectivity index is 2.63. The van der Waals surface area contributed by atoms with Crippen LogP contribution in [0.2, 0.25) is 0 Å². The third kappa shape index (κ3) is 1.66. The molecule has 0 aliphatic carbocycles. The fourth-order valence-electron chi connectivity index (χ4n) is 0.834. The van der Waals surface area contributed by atoms with Crippen LogP contribution in [-0.2, 0) is 13.6 Å². The van der Waals surface area contributed by atoms with Gasteiger partial charge in [0, 0.05) is 0 Å². The molecule has 1 aromatic rings. The Morgan fingerprint density at radius 2 is 2.36 bits per heavy atom. The maximum Gasteiger partial charge on any atom is 0.362 e. The van der Waals surface area contributed by atoms with Crippen LogP contribution in [0.3, 0.4) is 0 Å². The largest absolute Gasteiger partial charge is 0.362 e. The third-order valence-electron chi connectivity index (χ3n) is 1.60. The summed E-state index contributed by atoms with van der Waals surface area (Å²) in [5, 5.41) is 7.63. The van der Waals surface area contributed by atoms with Crippen LogP contribution < -0.4 is 10.4 Å². The number of unbranched alkanes of at least 4 members (excludes halogenated alkanes) is 1. The standard InChI is InChI=1S/C6H13N5/c1-3-4-5-11-6(7)10(2)8-9-11/h7H,3-5H2,1-2H3/p+1. The molecule has 0 saturated heterocycles. The number of rotatable bonds is 3. The maximum absolute atomic E-state index is 5.64. The zero-order valence-electron chi connectivity index (χ0n) is 6.99. The number of aryl methyl sites for hydroxylation is 2. The third-order valence-corrected chi connectivity index (χ3v) is 1.60. The molecule has 11 heavy (non-hydrogen) atoms. The van der Waals surface area contributed by atoms with Crippen molar-refractivity contribution in [2.24, 2.45) is 7.05 Å². The molecule has 0 aromatic carbocycles. The van der Waals surface area contributed by atoms with Crippen LogP contribution >= 0.6 is 0 Å². The summed E-state index contributed by atoms with van der Waals surface area (Å²) >= 11 is 0. The summed E-state index contributed by atoms with van der Waals surface area (Å²) in [4.78, 5) is 0. The molecule has 0 radical (unpaired) electrons. The van der Waals surface area contributed by atoms with Gasteiger partial charge in [0.05, 0.1) is 18.8 Å². The molecule has 1 aromatic heterocycles. The summed E-state index contributed by atoms with van der Waals surface area (Å²) < 4.78 is 3.28. The lowest BCUT2D eigenvalue weighted by molar-refractivity contribution is -0.718. The number of hydrogen-bond donors (Lipinski definition) is 1. The summed E-state index contributed by atoms with van der Waals surface area (Å²) in [7, 11) is 1.78. The van der Waals surface area contributed by atoms with E-state index in [4.69, 9.17) is 5.73 Å². The molecule has 0 amide bonds. The first-order chi connectivity index (χ1) is 5.25. The maximum atomic E-state index is 5.64. The Morgan fingerprint density at radius 1 is 1.64 bits per heavy atom. The van der Waals surface area contributed by atoms with Gasteiger partial charge in [-0.2, -0.15) is 0 Å². The van der Waals surface area contributed by atoms with Crippen molar-refractivity contribution in [3.63, 3.8) is 0 Å². The van der Waals surface area contributed by atoms with Crippen LogP contribution in [-0.4, -0.2) is 15.1 Å². The van der Waals surface area contributed by atoms with Crippen molar-refractivity contribution in [2.45, 2.75) is 26.3 Å². The minimum Gasteiger partial charge on any atom is -0.306 e. The number of nitrogens with two attached hydrogens (primary N) is 1. The summed E-state index contributed by atoms with van der Waals surface area (Å²) in [6.07, 6.45) is 2.23. The van der Waals surface area contributed by atoms with Crippen LogP contribution in [0, 0.1) is 0 Å². The molecule has 0 aliphatic rings. The van der Waals surface area contributed by atoms with Crippen molar-refractivity contribution >= 4 is 5.95 Å². The predicted molar refractivity (Wildman–Crippen MR) is 40.5 cm³/mol. The van der Waals surface area contributed by atoms with E-state index in [1.807, 2.05) is 0 Å². The fourth-order valence-corrected chi connectivity index (χ4v) is 0.834. The van der Waals surface area contributed by atoms with E-state index in [1.54, 1.807) is 16.4 Å². The topological polar surface area (TPSA) is 60.6 Å². The molecular weight excluding hydrogens is 142 g/mol. The minimum atomic E-state index is 0.610. The normalized spacial score (nSPS) is 10.4. The highest BCUT2D eigenvalue weighted by Crippen LogP contribution is 1.94. The van der Waals surface area contributed by atoms with Gasteiger partial charge in [0.25, 0.3) is 0 Å². The monoisotopic (exact) mass is 156 g/mol. The van der Waals surface area contributed by atoms with Crippen LogP contribution in [0.15, 0.2) is 0 Å². The van der Waals surface area contributed by atoms with E-state index in [2.05, 4.69) is 17.4 Å². The molecule has 0 saturated carbocycles. The van der Waals surface area contributed by atoms with Gasteiger partial charge < -0.3 is 5.73 Å². The molecule has 0 aliphatic heterocycles. The second-order valence-corrected chi connectivity index (χ2v) is 2.54. The molecule has 0 spiro atoms. The molecule has 5 heteroatoms. The van der Waals surface area contributed by atoms with Gasteiger partial charge in [-0.3, -0.25) is 0 Å². The molecule has 5 nitrogen and oxygen atoms in total. The lowest BCUT2D eigenvalue weighted by Crippen LogP contribution is -2.34. The number of anilines is 1. The van der Waals surface area contributed by atoms with Crippen molar-refractivity contribution in [3.05, 3.63) is 0 Å². The van der Waals surface area contributed by atoms with Crippen LogP contribution in [0.25, 0.3) is 0 Å². The van der Waals surface area contributed by atoms with E-state index >= 15 is 0 Å². The molecule has 1 rings (SSSR count). The zero-order chi connectivity index (χ0) is 8.27. The Labute approximate surface area is 65.8 Å². The Morgan fingerprint density at radius 3 is 2.82 bits per heavy atom. The van der Waals surface area contributed by atoms with Gasteiger partial charge in [-0.15, -0.1) is 4.68 Å². The molecule has 0 bridgehead atoms. The lowest BCUT2D eigenvalue weighted by Gasteiger charge is -1.91. The van der Waals surface area contributed by atoms with Crippen molar-refractivity contribution < 1.29 is 4.68 Å². The SMILES string of the molecule is CCCCn1nn[n+](C)c1N. The summed E-state index contributed by atoms with van der Waals surface area (Å²) in [5.74, 6) is 0.610. The zero-order valence-corrected chi connectivity index (χ0v) is 6.99. The molecule has 0 fully saturated rings. The minimum absolute atomic E-state index is 0.610. The van der Waals surface area contributed by atoms with Crippen LogP contribution in [0.5, 0.6) is 0 Å². The highest BCUT2D eigenvalue weighted by Gasteiger charge is 2.10.